The molecule has 1 saturated carbocycles. The molecule has 0 bridgehead atoms. The number of halogens is 1. The molecule has 0 heterocycles. The Morgan fingerprint density at radius 3 is 2.38 bits per heavy atom. The quantitative estimate of drug-likeness (QED) is 0.821. The number of nitrogens with one attached hydrogen (secondary N) is 1. The fraction of sp³-hybridized carbons (Fsp3) is 0.562. The second-order valence-electron chi connectivity index (χ2n) is 5.65. The molecule has 1 aliphatic carbocycles. The lowest BCUT2D eigenvalue weighted by Crippen LogP contribution is -2.42. The molecule has 0 aliphatic heterocycles. The molecule has 1 aliphatic rings. The van der Waals surface area contributed by atoms with Crippen molar-refractivity contribution < 1.29 is 13.9 Å². The van der Waals surface area contributed by atoms with Gasteiger partial charge >= 0.3 is 0 Å². The van der Waals surface area contributed by atoms with Crippen molar-refractivity contribution in [2.45, 2.75) is 44.1 Å². The second kappa shape index (κ2) is 7.52. The zero-order valence-electron chi connectivity index (χ0n) is 12.2. The molecule has 0 spiro atoms. The molecule has 21 heavy (non-hydrogen) atoms. The summed E-state index contributed by atoms with van der Waals surface area (Å²) in [5.41, 5.74) is 6.06. The molecular weight excluding hydrogens is 271 g/mol. The minimum absolute atomic E-state index is 0.0193. The molecular formula is C16H23FN2O2. The number of rotatable bonds is 5. The average molecular weight is 294 g/mol. The molecule has 0 atom stereocenters. The lowest BCUT2D eigenvalue weighted by atomic mass is 9.94. The fourth-order valence-electron chi connectivity index (χ4n) is 2.73. The van der Waals surface area contributed by atoms with Gasteiger partial charge in [0.2, 0.25) is 5.91 Å². The van der Waals surface area contributed by atoms with Crippen molar-refractivity contribution in [3.8, 4) is 0 Å². The van der Waals surface area contributed by atoms with Crippen molar-refractivity contribution in [2.75, 3.05) is 18.5 Å². The molecule has 5 heteroatoms. The summed E-state index contributed by atoms with van der Waals surface area (Å²) in [7, 11) is 0. The number of carbonyl (C=O) groups excluding carboxylic acids is 1. The molecule has 116 valence electrons. The van der Waals surface area contributed by atoms with Gasteiger partial charge in [-0.1, -0.05) is 25.7 Å². The molecule has 4 nitrogen and oxygen atoms in total. The van der Waals surface area contributed by atoms with Gasteiger partial charge in [0, 0.05) is 12.2 Å². The Labute approximate surface area is 124 Å². The third-order valence-corrected chi connectivity index (χ3v) is 4.02. The van der Waals surface area contributed by atoms with Crippen LogP contribution < -0.4 is 11.1 Å². The van der Waals surface area contributed by atoms with Gasteiger partial charge in [-0.25, -0.2) is 4.39 Å². The monoisotopic (exact) mass is 294 g/mol. The van der Waals surface area contributed by atoms with E-state index in [-0.39, 0.29) is 23.9 Å². The first-order valence-corrected chi connectivity index (χ1v) is 7.53. The molecule has 0 aromatic heterocycles. The van der Waals surface area contributed by atoms with Crippen LogP contribution in [0.1, 0.15) is 38.5 Å². The van der Waals surface area contributed by atoms with Gasteiger partial charge in [0.25, 0.3) is 0 Å². The van der Waals surface area contributed by atoms with Gasteiger partial charge in [0.05, 0.1) is 5.60 Å². The predicted octanol–water partition coefficient (Wildman–Crippen LogP) is 2.83. The molecule has 2 rings (SSSR count). The van der Waals surface area contributed by atoms with Gasteiger partial charge in [0.1, 0.15) is 12.4 Å². The topological polar surface area (TPSA) is 64.3 Å². The molecule has 1 amide bonds. The number of anilines is 1. The number of carbonyl (C=O) groups is 1. The lowest BCUT2D eigenvalue weighted by molar-refractivity contribution is -0.128. The zero-order chi connectivity index (χ0) is 15.1. The predicted molar refractivity (Wildman–Crippen MR) is 80.5 cm³/mol. The average Bonchev–Trinajstić information content (AvgIpc) is 2.74. The molecule has 0 radical (unpaired) electrons. The Morgan fingerprint density at radius 1 is 1.19 bits per heavy atom. The van der Waals surface area contributed by atoms with Crippen LogP contribution in [0.3, 0.4) is 0 Å². The van der Waals surface area contributed by atoms with E-state index in [1.807, 2.05) is 0 Å². The molecule has 3 N–H and O–H groups in total. The van der Waals surface area contributed by atoms with Crippen molar-refractivity contribution in [3.63, 3.8) is 0 Å². The maximum atomic E-state index is 12.8. The van der Waals surface area contributed by atoms with Crippen LogP contribution in [0.2, 0.25) is 0 Å². The number of nitrogens with two attached hydrogens (primary N) is 1. The van der Waals surface area contributed by atoms with Crippen molar-refractivity contribution in [1.82, 2.24) is 0 Å². The number of benzene rings is 1. The third-order valence-electron chi connectivity index (χ3n) is 4.02. The van der Waals surface area contributed by atoms with E-state index in [9.17, 15) is 9.18 Å². The Bertz CT molecular complexity index is 454. The summed E-state index contributed by atoms with van der Waals surface area (Å²) in [6, 6.07) is 5.67. The van der Waals surface area contributed by atoms with Crippen LogP contribution in [-0.2, 0) is 9.53 Å². The van der Waals surface area contributed by atoms with Gasteiger partial charge in [-0.15, -0.1) is 0 Å². The van der Waals surface area contributed by atoms with Gasteiger partial charge in [-0.3, -0.25) is 4.79 Å². The fourth-order valence-corrected chi connectivity index (χ4v) is 2.73. The molecule has 1 aromatic rings. The summed E-state index contributed by atoms with van der Waals surface area (Å²) in [4.78, 5) is 11.9. The van der Waals surface area contributed by atoms with Crippen molar-refractivity contribution in [2.24, 2.45) is 5.73 Å². The van der Waals surface area contributed by atoms with Crippen LogP contribution in [0.4, 0.5) is 10.1 Å². The molecule has 1 aromatic carbocycles. The van der Waals surface area contributed by atoms with Crippen LogP contribution in [0.25, 0.3) is 0 Å². The van der Waals surface area contributed by atoms with E-state index < -0.39 is 0 Å². The van der Waals surface area contributed by atoms with Crippen LogP contribution >= 0.6 is 0 Å². The normalized spacial score (nSPS) is 18.0. The Morgan fingerprint density at radius 2 is 1.81 bits per heavy atom. The minimum atomic E-state index is -0.364. The highest BCUT2D eigenvalue weighted by Crippen LogP contribution is 2.29. The van der Waals surface area contributed by atoms with Crippen molar-refractivity contribution in [3.05, 3.63) is 30.1 Å². The maximum Gasteiger partial charge on any atom is 0.250 e. The largest absolute Gasteiger partial charge is 0.364 e. The highest BCUT2D eigenvalue weighted by molar-refractivity contribution is 5.91. The number of hydrogen-bond acceptors (Lipinski definition) is 3. The van der Waals surface area contributed by atoms with Gasteiger partial charge < -0.3 is 15.8 Å². The van der Waals surface area contributed by atoms with E-state index in [2.05, 4.69) is 5.32 Å². The maximum absolute atomic E-state index is 12.8. The SMILES string of the molecule is NCC1(OCC(=O)Nc2ccc(F)cc2)CCCCCC1. The first-order chi connectivity index (χ1) is 10.1. The number of ether oxygens (including phenoxy) is 1. The standard InChI is InChI=1S/C16H23FN2O2/c17-13-5-7-14(8-6-13)19-15(20)11-21-16(12-18)9-3-1-2-4-10-16/h5-8H,1-4,9-12,18H2,(H,19,20). The van der Waals surface area contributed by atoms with Crippen LogP contribution in [0, 0.1) is 5.82 Å². The number of hydrogen-bond donors (Lipinski definition) is 2. The van der Waals surface area contributed by atoms with E-state index in [0.717, 1.165) is 25.7 Å². The molecule has 1 fully saturated rings. The van der Waals surface area contributed by atoms with E-state index in [1.165, 1.54) is 37.1 Å². The van der Waals surface area contributed by atoms with Crippen molar-refractivity contribution in [1.29, 1.82) is 0 Å². The molecule has 0 unspecified atom stereocenters. The first-order valence-electron chi connectivity index (χ1n) is 7.53. The molecule has 0 saturated heterocycles. The Balaban J connectivity index is 1.85. The van der Waals surface area contributed by atoms with Gasteiger partial charge in [0.15, 0.2) is 0 Å². The summed E-state index contributed by atoms with van der Waals surface area (Å²) in [5, 5.41) is 2.69. The van der Waals surface area contributed by atoms with E-state index >= 15 is 0 Å². The van der Waals surface area contributed by atoms with Gasteiger partial charge in [-0.05, 0) is 37.1 Å². The lowest BCUT2D eigenvalue weighted by Gasteiger charge is -2.31. The Hall–Kier alpha value is -1.46. The summed E-state index contributed by atoms with van der Waals surface area (Å²) in [5.74, 6) is -0.566. The smallest absolute Gasteiger partial charge is 0.250 e. The van der Waals surface area contributed by atoms with E-state index in [4.69, 9.17) is 10.5 Å². The summed E-state index contributed by atoms with van der Waals surface area (Å²) in [6.45, 7) is 0.422. The zero-order valence-corrected chi connectivity index (χ0v) is 12.2. The minimum Gasteiger partial charge on any atom is -0.364 e. The summed E-state index contributed by atoms with van der Waals surface area (Å²) in [6.07, 6.45) is 6.41. The second-order valence-corrected chi connectivity index (χ2v) is 5.65. The Kier molecular flexibility index (Phi) is 5.70. The highest BCUT2D eigenvalue weighted by Gasteiger charge is 2.31. The van der Waals surface area contributed by atoms with Crippen molar-refractivity contribution >= 4 is 11.6 Å². The number of amides is 1. The summed E-state index contributed by atoms with van der Waals surface area (Å²) >= 11 is 0. The summed E-state index contributed by atoms with van der Waals surface area (Å²) < 4.78 is 18.6. The first kappa shape index (κ1) is 15.9. The third kappa shape index (κ3) is 4.79. The van der Waals surface area contributed by atoms with Crippen LogP contribution in [0.15, 0.2) is 24.3 Å². The highest BCUT2D eigenvalue weighted by atomic mass is 19.1. The van der Waals surface area contributed by atoms with Crippen LogP contribution in [0.5, 0.6) is 0 Å². The van der Waals surface area contributed by atoms with Gasteiger partial charge in [-0.2, -0.15) is 0 Å². The van der Waals surface area contributed by atoms with E-state index in [0.29, 0.717) is 12.2 Å². The van der Waals surface area contributed by atoms with Crippen LogP contribution in [-0.4, -0.2) is 24.7 Å². The van der Waals surface area contributed by atoms with E-state index in [1.54, 1.807) is 0 Å².